The molecule has 0 fully saturated rings. The van der Waals surface area contributed by atoms with Crippen LogP contribution < -0.4 is 11.1 Å². The molecule has 0 aromatic carbocycles. The maximum Gasteiger partial charge on any atom is 0.159 e. The Labute approximate surface area is 167 Å². The van der Waals surface area contributed by atoms with Crippen LogP contribution in [0.15, 0.2) is 70.0 Å². The number of nitrogens with one attached hydrogen (secondary N) is 1. The highest BCUT2D eigenvalue weighted by atomic mass is 19.1. The summed E-state index contributed by atoms with van der Waals surface area (Å²) in [6.45, 7) is 0.112. The molecule has 0 spiro atoms. The number of hydrogen-bond donors (Lipinski definition) is 3. The number of alkyl halides is 2. The molecular formula is C21H23F2N5O. The van der Waals surface area contributed by atoms with Crippen molar-refractivity contribution in [1.82, 2.24) is 10.3 Å². The Morgan fingerprint density at radius 2 is 2.17 bits per heavy atom. The summed E-state index contributed by atoms with van der Waals surface area (Å²) in [6, 6.07) is 3.49. The van der Waals surface area contributed by atoms with Crippen LogP contribution in [0.5, 0.6) is 0 Å². The van der Waals surface area contributed by atoms with Gasteiger partial charge in [0, 0.05) is 35.9 Å². The quantitative estimate of drug-likeness (QED) is 0.533. The fourth-order valence-electron chi connectivity index (χ4n) is 3.74. The molecule has 5 unspecified atom stereocenters. The molecule has 4 rings (SSSR count). The van der Waals surface area contributed by atoms with E-state index in [1.807, 2.05) is 24.3 Å². The van der Waals surface area contributed by atoms with Crippen molar-refractivity contribution >= 4 is 11.7 Å². The maximum atomic E-state index is 14.5. The molecule has 1 aromatic rings. The average molecular weight is 399 g/mol. The number of rotatable bonds is 4. The van der Waals surface area contributed by atoms with Crippen molar-refractivity contribution in [3.63, 3.8) is 0 Å². The van der Waals surface area contributed by atoms with Gasteiger partial charge in [-0.2, -0.15) is 0 Å². The van der Waals surface area contributed by atoms with Crippen LogP contribution in [0.25, 0.3) is 0 Å². The largest absolute Gasteiger partial charge is 0.377 e. The second-order valence-corrected chi connectivity index (χ2v) is 7.34. The molecule has 1 aromatic heterocycles. The van der Waals surface area contributed by atoms with Gasteiger partial charge in [0.2, 0.25) is 0 Å². The molecule has 8 heteroatoms. The molecule has 2 aliphatic carbocycles. The van der Waals surface area contributed by atoms with E-state index in [4.69, 9.17) is 10.7 Å². The third-order valence-corrected chi connectivity index (χ3v) is 5.18. The number of allylic oxidation sites excluding steroid dienone is 4. The third kappa shape index (κ3) is 4.33. The van der Waals surface area contributed by atoms with Crippen molar-refractivity contribution in [3.8, 4) is 0 Å². The number of nitrogens with zero attached hydrogens (tertiary/aromatic N) is 3. The van der Waals surface area contributed by atoms with E-state index < -0.39 is 24.5 Å². The Bertz CT molecular complexity index is 907. The maximum absolute atomic E-state index is 14.5. The Hall–Kier alpha value is -2.71. The number of hydrogen-bond acceptors (Lipinski definition) is 6. The zero-order chi connectivity index (χ0) is 20.4. The standard InChI is InChI=1S/C21H23F2N5O/c22-14-4-5-15(17(23)9-14)12-3-6-18-16(8-12)21(26-11-19(24)29)28-20(27-18)13-2-1-7-25-10-13/h1-5,7-8,10,14-15,17-19,29H,6,9,11,24H2,(H,26,27,28). The highest BCUT2D eigenvalue weighted by molar-refractivity contribution is 6.14. The SMILES string of the molecule is NC(O)CNC1=NC(c2cccnc2)=NC2CC=C(C3C=CC(F)CC3F)C=C12. The summed E-state index contributed by atoms with van der Waals surface area (Å²) in [5, 5.41) is 12.5. The van der Waals surface area contributed by atoms with Gasteiger partial charge in [-0.15, -0.1) is 0 Å². The van der Waals surface area contributed by atoms with Crippen molar-refractivity contribution in [3.05, 3.63) is 65.5 Å². The molecule has 2 heterocycles. The topological polar surface area (TPSA) is 95.9 Å². The lowest BCUT2D eigenvalue weighted by atomic mass is 9.81. The number of nitrogens with two attached hydrogens (primary N) is 1. The van der Waals surface area contributed by atoms with Crippen molar-refractivity contribution in [2.75, 3.05) is 6.54 Å². The van der Waals surface area contributed by atoms with Crippen LogP contribution in [0, 0.1) is 5.92 Å². The Morgan fingerprint density at radius 3 is 2.90 bits per heavy atom. The second kappa shape index (κ2) is 8.34. The van der Waals surface area contributed by atoms with Gasteiger partial charge in [0.25, 0.3) is 0 Å². The second-order valence-electron chi connectivity index (χ2n) is 7.34. The molecule has 3 aliphatic rings. The molecule has 0 saturated heterocycles. The molecule has 5 atom stereocenters. The fourth-order valence-corrected chi connectivity index (χ4v) is 3.74. The van der Waals surface area contributed by atoms with Crippen LogP contribution in [0.2, 0.25) is 0 Å². The van der Waals surface area contributed by atoms with Gasteiger partial charge in [-0.25, -0.2) is 13.8 Å². The van der Waals surface area contributed by atoms with Crippen LogP contribution in [0.3, 0.4) is 0 Å². The number of halogens is 2. The predicted molar refractivity (Wildman–Crippen MR) is 108 cm³/mol. The smallest absolute Gasteiger partial charge is 0.159 e. The molecule has 29 heavy (non-hydrogen) atoms. The first kappa shape index (κ1) is 19.6. The van der Waals surface area contributed by atoms with Crippen LogP contribution in [-0.4, -0.2) is 52.9 Å². The van der Waals surface area contributed by atoms with E-state index in [0.717, 1.165) is 16.7 Å². The fraction of sp³-hybridized carbons (Fsp3) is 0.381. The van der Waals surface area contributed by atoms with Gasteiger partial charge in [-0.1, -0.05) is 18.2 Å². The first-order chi connectivity index (χ1) is 14.0. The number of aliphatic imine (C=N–C) groups is 2. The zero-order valence-electron chi connectivity index (χ0n) is 15.7. The van der Waals surface area contributed by atoms with E-state index in [1.54, 1.807) is 18.5 Å². The van der Waals surface area contributed by atoms with Gasteiger partial charge < -0.3 is 16.2 Å². The van der Waals surface area contributed by atoms with E-state index in [2.05, 4.69) is 15.3 Å². The van der Waals surface area contributed by atoms with Gasteiger partial charge in [0.05, 0.1) is 12.6 Å². The Balaban J connectivity index is 1.65. The van der Waals surface area contributed by atoms with Crippen LogP contribution in [0.4, 0.5) is 8.78 Å². The summed E-state index contributed by atoms with van der Waals surface area (Å²) in [5.74, 6) is 0.588. The third-order valence-electron chi connectivity index (χ3n) is 5.18. The molecule has 1 aliphatic heterocycles. The van der Waals surface area contributed by atoms with Gasteiger partial charge in [0.15, 0.2) is 5.84 Å². The number of aromatic nitrogens is 1. The zero-order valence-corrected chi connectivity index (χ0v) is 15.7. The van der Waals surface area contributed by atoms with Crippen molar-refractivity contribution < 1.29 is 13.9 Å². The number of aliphatic hydroxyl groups is 1. The summed E-state index contributed by atoms with van der Waals surface area (Å²) in [6.07, 6.45) is 7.09. The normalized spacial score (nSPS) is 29.8. The first-order valence-corrected chi connectivity index (χ1v) is 9.64. The van der Waals surface area contributed by atoms with Crippen LogP contribution >= 0.6 is 0 Å². The minimum Gasteiger partial charge on any atom is -0.377 e. The van der Waals surface area contributed by atoms with Gasteiger partial charge >= 0.3 is 0 Å². The van der Waals surface area contributed by atoms with Crippen LogP contribution in [-0.2, 0) is 0 Å². The summed E-state index contributed by atoms with van der Waals surface area (Å²) in [5.41, 5.74) is 7.84. The van der Waals surface area contributed by atoms with Crippen LogP contribution in [0.1, 0.15) is 18.4 Å². The van der Waals surface area contributed by atoms with Crippen molar-refractivity contribution in [1.29, 1.82) is 0 Å². The summed E-state index contributed by atoms with van der Waals surface area (Å²) >= 11 is 0. The number of pyridine rings is 1. The van der Waals surface area contributed by atoms with Gasteiger partial charge in [0.1, 0.15) is 24.4 Å². The molecule has 0 saturated carbocycles. The van der Waals surface area contributed by atoms with Crippen molar-refractivity contribution in [2.24, 2.45) is 21.6 Å². The van der Waals surface area contributed by atoms with E-state index in [-0.39, 0.29) is 19.0 Å². The molecule has 152 valence electrons. The monoisotopic (exact) mass is 399 g/mol. The minimum absolute atomic E-state index is 0.112. The average Bonchev–Trinajstić information content (AvgIpc) is 2.72. The molecule has 6 nitrogen and oxygen atoms in total. The van der Waals surface area contributed by atoms with Gasteiger partial charge in [-0.3, -0.25) is 9.98 Å². The number of fused-ring (bicyclic) bond motifs is 1. The van der Waals surface area contributed by atoms with Crippen molar-refractivity contribution in [2.45, 2.75) is 37.5 Å². The lowest BCUT2D eigenvalue weighted by molar-refractivity contribution is 0.185. The van der Waals surface area contributed by atoms with Gasteiger partial charge in [-0.05, 0) is 30.2 Å². The molecular weight excluding hydrogens is 376 g/mol. The lowest BCUT2D eigenvalue weighted by Gasteiger charge is -2.31. The predicted octanol–water partition coefficient (Wildman–Crippen LogP) is 1.98. The lowest BCUT2D eigenvalue weighted by Crippen LogP contribution is -2.41. The molecule has 0 bridgehead atoms. The minimum atomic E-state index is -1.27. The molecule has 0 amide bonds. The Morgan fingerprint density at radius 1 is 1.31 bits per heavy atom. The highest BCUT2D eigenvalue weighted by Gasteiger charge is 2.33. The molecule has 0 radical (unpaired) electrons. The van der Waals surface area contributed by atoms with E-state index in [1.165, 1.54) is 6.08 Å². The highest BCUT2D eigenvalue weighted by Crippen LogP contribution is 2.35. The summed E-state index contributed by atoms with van der Waals surface area (Å²) < 4.78 is 27.9. The number of aliphatic hydroxyl groups excluding tert-OH is 1. The summed E-state index contributed by atoms with van der Waals surface area (Å²) in [4.78, 5) is 13.4. The summed E-state index contributed by atoms with van der Waals surface area (Å²) in [7, 11) is 0. The Kier molecular flexibility index (Phi) is 5.64. The molecule has 4 N–H and O–H groups in total. The van der Waals surface area contributed by atoms with E-state index in [9.17, 15) is 13.9 Å². The van der Waals surface area contributed by atoms with E-state index >= 15 is 0 Å². The number of amidine groups is 2. The van der Waals surface area contributed by atoms with E-state index in [0.29, 0.717) is 18.1 Å². The first-order valence-electron chi connectivity index (χ1n) is 9.64.